The zero-order chi connectivity index (χ0) is 28.3. The Bertz CT molecular complexity index is 1360. The van der Waals surface area contributed by atoms with Crippen LogP contribution in [0.3, 0.4) is 0 Å². The average Bonchev–Trinajstić information content (AvgIpc) is 3.61. The molecule has 1 heterocycles. The summed E-state index contributed by atoms with van der Waals surface area (Å²) in [6.07, 6.45) is 1.93. The number of carbonyl (C=O) groups excluding carboxylic acids is 2. The SMILES string of the molecule is C[C@H](N)c1oc(-c2ccc(OC(F)F)c(OCC3CC3)c2)nc1C(=O)NC(C(=O)NN)c1ccc(F)cc1F. The van der Waals surface area contributed by atoms with Crippen LogP contribution in [0, 0.1) is 17.6 Å². The number of nitrogens with zero attached hydrogens (tertiary/aromatic N) is 1. The van der Waals surface area contributed by atoms with Gasteiger partial charge in [0.15, 0.2) is 23.0 Å². The lowest BCUT2D eigenvalue weighted by Gasteiger charge is -2.18. The standard InChI is InChI=1S/C25H25F4N5O5/c1-11(30)21-20(22(35)32-19(23(36)34-31)15-6-5-14(26)9-16(15)27)33-24(39-21)13-4-7-17(38-25(28)29)18(8-13)37-10-12-2-3-12/h4-9,11-12,19,25H,2-3,10,30-31H2,1H3,(H,32,35)(H,34,36)/t11-,19?/m0/s1. The Morgan fingerprint density at radius 1 is 1.15 bits per heavy atom. The van der Waals surface area contributed by atoms with Crippen LogP contribution in [0.15, 0.2) is 40.8 Å². The summed E-state index contributed by atoms with van der Waals surface area (Å²) in [7, 11) is 0. The van der Waals surface area contributed by atoms with Crippen LogP contribution in [0.5, 0.6) is 11.5 Å². The maximum Gasteiger partial charge on any atom is 0.387 e. The van der Waals surface area contributed by atoms with Gasteiger partial charge in [0.1, 0.15) is 17.7 Å². The normalized spacial score (nSPS) is 14.6. The number of aromatic nitrogens is 1. The second-order valence-corrected chi connectivity index (χ2v) is 8.90. The molecule has 208 valence electrons. The largest absolute Gasteiger partial charge is 0.489 e. The molecular formula is C25H25F4N5O5. The van der Waals surface area contributed by atoms with Gasteiger partial charge in [-0.3, -0.25) is 15.0 Å². The molecule has 0 bridgehead atoms. The summed E-state index contributed by atoms with van der Waals surface area (Å²) < 4.78 is 69.5. The van der Waals surface area contributed by atoms with Crippen molar-refractivity contribution < 1.29 is 41.0 Å². The first-order valence-electron chi connectivity index (χ1n) is 11.8. The number of benzene rings is 2. The Labute approximate surface area is 219 Å². The van der Waals surface area contributed by atoms with Gasteiger partial charge in [-0.05, 0) is 49.9 Å². The van der Waals surface area contributed by atoms with E-state index in [1.165, 1.54) is 25.1 Å². The summed E-state index contributed by atoms with van der Waals surface area (Å²) in [4.78, 5) is 29.7. The van der Waals surface area contributed by atoms with Gasteiger partial charge in [0.05, 0.1) is 12.6 Å². The molecule has 0 spiro atoms. The number of halogens is 4. The molecule has 3 aromatic rings. The van der Waals surface area contributed by atoms with E-state index in [1.807, 2.05) is 5.43 Å². The molecule has 2 aromatic carbocycles. The fourth-order valence-corrected chi connectivity index (χ4v) is 3.67. The molecule has 1 aromatic heterocycles. The molecule has 14 heteroatoms. The minimum atomic E-state index is -3.08. The molecule has 1 unspecified atom stereocenters. The minimum absolute atomic E-state index is 0.0257. The fraction of sp³-hybridized carbons (Fsp3) is 0.320. The molecule has 1 fully saturated rings. The number of hydrogen-bond donors (Lipinski definition) is 4. The predicted octanol–water partition coefficient (Wildman–Crippen LogP) is 3.49. The third-order valence-electron chi connectivity index (χ3n) is 5.81. The van der Waals surface area contributed by atoms with Crippen molar-refractivity contribution in [3.63, 3.8) is 0 Å². The zero-order valence-corrected chi connectivity index (χ0v) is 20.5. The minimum Gasteiger partial charge on any atom is -0.489 e. The van der Waals surface area contributed by atoms with E-state index in [4.69, 9.17) is 20.7 Å². The van der Waals surface area contributed by atoms with Crippen LogP contribution in [0.2, 0.25) is 0 Å². The van der Waals surface area contributed by atoms with E-state index in [1.54, 1.807) is 0 Å². The lowest BCUT2D eigenvalue weighted by molar-refractivity contribution is -0.123. The van der Waals surface area contributed by atoms with Crippen molar-refractivity contribution in [1.29, 1.82) is 0 Å². The molecule has 2 atom stereocenters. The van der Waals surface area contributed by atoms with Crippen LogP contribution in [-0.4, -0.2) is 30.0 Å². The number of hydrazine groups is 1. The van der Waals surface area contributed by atoms with Gasteiger partial charge in [-0.2, -0.15) is 8.78 Å². The molecule has 6 N–H and O–H groups in total. The average molecular weight is 551 g/mol. The first kappa shape index (κ1) is 27.9. The highest BCUT2D eigenvalue weighted by molar-refractivity contribution is 5.97. The van der Waals surface area contributed by atoms with E-state index in [0.717, 1.165) is 25.0 Å². The summed E-state index contributed by atoms with van der Waals surface area (Å²) >= 11 is 0. The number of rotatable bonds is 11. The molecule has 0 aliphatic heterocycles. The van der Waals surface area contributed by atoms with Crippen LogP contribution in [0.1, 0.15) is 53.7 Å². The highest BCUT2D eigenvalue weighted by Gasteiger charge is 2.30. The maximum atomic E-state index is 14.4. The molecule has 0 radical (unpaired) electrons. The van der Waals surface area contributed by atoms with Gasteiger partial charge in [-0.25, -0.2) is 19.6 Å². The number of hydrogen-bond acceptors (Lipinski definition) is 8. The van der Waals surface area contributed by atoms with Crippen LogP contribution in [-0.2, 0) is 4.79 Å². The third kappa shape index (κ3) is 6.64. The lowest BCUT2D eigenvalue weighted by Crippen LogP contribution is -2.43. The Kier molecular flexibility index (Phi) is 8.35. The Morgan fingerprint density at radius 2 is 1.90 bits per heavy atom. The Morgan fingerprint density at radius 3 is 2.51 bits per heavy atom. The molecule has 1 aliphatic carbocycles. The smallest absolute Gasteiger partial charge is 0.387 e. The maximum absolute atomic E-state index is 14.4. The number of carbonyl (C=O) groups is 2. The summed E-state index contributed by atoms with van der Waals surface area (Å²) in [5.41, 5.74) is 7.35. The van der Waals surface area contributed by atoms with Gasteiger partial charge in [-0.15, -0.1) is 0 Å². The summed E-state index contributed by atoms with van der Waals surface area (Å²) in [6.45, 7) is -1.27. The van der Waals surface area contributed by atoms with Crippen LogP contribution < -0.4 is 31.8 Å². The van der Waals surface area contributed by atoms with Crippen molar-refractivity contribution in [2.45, 2.75) is 38.5 Å². The lowest BCUT2D eigenvalue weighted by atomic mass is 10.0. The van der Waals surface area contributed by atoms with Gasteiger partial charge in [0.2, 0.25) is 5.89 Å². The Hall–Kier alpha value is -4.17. The van der Waals surface area contributed by atoms with Crippen molar-refractivity contribution in [2.75, 3.05) is 6.61 Å². The van der Waals surface area contributed by atoms with Gasteiger partial charge in [0, 0.05) is 17.2 Å². The molecule has 0 saturated heterocycles. The topological polar surface area (TPSA) is 155 Å². The van der Waals surface area contributed by atoms with Gasteiger partial charge >= 0.3 is 6.61 Å². The van der Waals surface area contributed by atoms with Crippen LogP contribution >= 0.6 is 0 Å². The van der Waals surface area contributed by atoms with Gasteiger partial charge in [-0.1, -0.05) is 6.07 Å². The van der Waals surface area contributed by atoms with Crippen LogP contribution in [0.25, 0.3) is 11.5 Å². The highest BCUT2D eigenvalue weighted by atomic mass is 19.3. The summed E-state index contributed by atoms with van der Waals surface area (Å²) in [5.74, 6) is 1.20. The quantitative estimate of drug-likeness (QED) is 0.122. The van der Waals surface area contributed by atoms with Crippen molar-refractivity contribution in [1.82, 2.24) is 15.7 Å². The van der Waals surface area contributed by atoms with Gasteiger partial charge < -0.3 is 24.9 Å². The molecular weight excluding hydrogens is 526 g/mol. The number of alkyl halides is 2. The van der Waals surface area contributed by atoms with E-state index < -0.39 is 42.1 Å². The number of nitrogens with one attached hydrogen (secondary N) is 2. The Balaban J connectivity index is 1.66. The van der Waals surface area contributed by atoms with E-state index in [2.05, 4.69) is 15.0 Å². The fourth-order valence-electron chi connectivity index (χ4n) is 3.67. The molecule has 1 saturated carbocycles. The molecule has 39 heavy (non-hydrogen) atoms. The number of amides is 2. The van der Waals surface area contributed by atoms with Crippen molar-refractivity contribution in [3.05, 3.63) is 65.1 Å². The van der Waals surface area contributed by atoms with E-state index in [-0.39, 0.29) is 40.0 Å². The third-order valence-corrected chi connectivity index (χ3v) is 5.81. The second-order valence-electron chi connectivity index (χ2n) is 8.90. The molecule has 4 rings (SSSR count). The van der Waals surface area contributed by atoms with Crippen molar-refractivity contribution >= 4 is 11.8 Å². The first-order valence-corrected chi connectivity index (χ1v) is 11.8. The molecule has 2 amide bonds. The van der Waals surface area contributed by atoms with Crippen LogP contribution in [0.4, 0.5) is 17.6 Å². The summed E-state index contributed by atoms with van der Waals surface area (Å²) in [6, 6.07) is 3.92. The van der Waals surface area contributed by atoms with E-state index in [9.17, 15) is 27.2 Å². The van der Waals surface area contributed by atoms with E-state index >= 15 is 0 Å². The monoisotopic (exact) mass is 551 g/mol. The van der Waals surface area contributed by atoms with Crippen molar-refractivity contribution in [3.8, 4) is 23.0 Å². The summed E-state index contributed by atoms with van der Waals surface area (Å²) in [5, 5.41) is 2.30. The molecule has 1 aliphatic rings. The number of ether oxygens (including phenoxy) is 2. The predicted molar refractivity (Wildman–Crippen MR) is 128 cm³/mol. The second kappa shape index (κ2) is 11.7. The first-order chi connectivity index (χ1) is 18.6. The molecule has 10 nitrogen and oxygen atoms in total. The zero-order valence-electron chi connectivity index (χ0n) is 20.5. The number of oxazole rings is 1. The highest BCUT2D eigenvalue weighted by Crippen LogP contribution is 2.37. The van der Waals surface area contributed by atoms with Crippen molar-refractivity contribution in [2.24, 2.45) is 17.5 Å². The van der Waals surface area contributed by atoms with E-state index in [0.29, 0.717) is 18.6 Å². The number of nitrogens with two attached hydrogens (primary N) is 2. The van der Waals surface area contributed by atoms with Gasteiger partial charge in [0.25, 0.3) is 11.8 Å².